The molecule has 0 atom stereocenters. The molecule has 0 aliphatic carbocycles. The summed E-state index contributed by atoms with van der Waals surface area (Å²) < 4.78 is 19.1. The van der Waals surface area contributed by atoms with Crippen LogP contribution < -0.4 is 15.4 Å². The number of hydrogen-bond donors (Lipinski definition) is 2. The number of aromatic nitrogens is 2. The Morgan fingerprint density at radius 1 is 1.26 bits per heavy atom. The first-order valence-electron chi connectivity index (χ1n) is 5.44. The predicted molar refractivity (Wildman–Crippen MR) is 75.5 cm³/mol. The smallest absolute Gasteiger partial charge is 0.167 e. The van der Waals surface area contributed by atoms with Crippen LogP contribution in [0.4, 0.5) is 21.7 Å². The molecule has 0 radical (unpaired) electrons. The van der Waals surface area contributed by atoms with Gasteiger partial charge in [0.25, 0.3) is 0 Å². The maximum atomic E-state index is 13.6. The van der Waals surface area contributed by atoms with Crippen LogP contribution in [0.25, 0.3) is 0 Å². The topological polar surface area (TPSA) is 59.1 Å². The zero-order chi connectivity index (χ0) is 13.8. The Balaban J connectivity index is 2.29. The number of benzene rings is 1. The zero-order valence-electron chi connectivity index (χ0n) is 10.4. The van der Waals surface area contributed by atoms with Gasteiger partial charge >= 0.3 is 0 Å². The van der Waals surface area contributed by atoms with Crippen LogP contribution in [0.1, 0.15) is 0 Å². The monoisotopic (exact) mass is 326 g/mol. The van der Waals surface area contributed by atoms with Crippen LogP contribution in [-0.2, 0) is 0 Å². The second kappa shape index (κ2) is 5.83. The molecule has 5 nitrogen and oxygen atoms in total. The highest BCUT2D eigenvalue weighted by Gasteiger charge is 2.09. The summed E-state index contributed by atoms with van der Waals surface area (Å²) in [6.45, 7) is 0. The number of anilines is 3. The first-order valence-corrected chi connectivity index (χ1v) is 6.23. The molecule has 100 valence electrons. The van der Waals surface area contributed by atoms with Gasteiger partial charge in [-0.15, -0.1) is 0 Å². The van der Waals surface area contributed by atoms with E-state index < -0.39 is 5.82 Å². The van der Waals surface area contributed by atoms with Gasteiger partial charge in [0.2, 0.25) is 0 Å². The van der Waals surface area contributed by atoms with E-state index in [4.69, 9.17) is 4.74 Å². The molecule has 0 saturated heterocycles. The fraction of sp³-hybridized carbons (Fsp3) is 0.167. The lowest BCUT2D eigenvalue weighted by molar-refractivity contribution is 0.386. The molecular formula is C12H12BrFN4O. The van der Waals surface area contributed by atoms with E-state index in [-0.39, 0.29) is 5.75 Å². The summed E-state index contributed by atoms with van der Waals surface area (Å²) in [5.74, 6) is 0.949. The standard InChI is InChI=1S/C12H12BrFN4O/c1-15-11-10(13)12(17-6-16-11)18-7-3-4-9(19-2)8(14)5-7/h3-6H,1-2H3,(H2,15,16,17,18). The van der Waals surface area contributed by atoms with Gasteiger partial charge in [0.15, 0.2) is 11.6 Å². The lowest BCUT2D eigenvalue weighted by Crippen LogP contribution is -2.01. The number of nitrogens with one attached hydrogen (secondary N) is 2. The van der Waals surface area contributed by atoms with E-state index in [9.17, 15) is 4.39 Å². The van der Waals surface area contributed by atoms with Crippen LogP contribution >= 0.6 is 15.9 Å². The van der Waals surface area contributed by atoms with Crippen molar-refractivity contribution in [2.45, 2.75) is 0 Å². The van der Waals surface area contributed by atoms with Gasteiger partial charge in [0.05, 0.1) is 7.11 Å². The molecule has 0 unspecified atom stereocenters. The number of rotatable bonds is 4. The minimum absolute atomic E-state index is 0.197. The molecule has 0 aliphatic heterocycles. The van der Waals surface area contributed by atoms with E-state index in [1.54, 1.807) is 19.2 Å². The first-order chi connectivity index (χ1) is 9.15. The van der Waals surface area contributed by atoms with Gasteiger partial charge in [-0.3, -0.25) is 0 Å². The van der Waals surface area contributed by atoms with Crippen molar-refractivity contribution >= 4 is 33.3 Å². The molecular weight excluding hydrogens is 315 g/mol. The van der Waals surface area contributed by atoms with E-state index in [0.717, 1.165) is 0 Å². The van der Waals surface area contributed by atoms with Gasteiger partial charge in [-0.1, -0.05) is 0 Å². The Morgan fingerprint density at radius 2 is 2.00 bits per heavy atom. The Hall–Kier alpha value is -1.89. The van der Waals surface area contributed by atoms with Crippen LogP contribution in [0.15, 0.2) is 29.0 Å². The molecule has 0 spiro atoms. The van der Waals surface area contributed by atoms with E-state index in [2.05, 4.69) is 36.5 Å². The van der Waals surface area contributed by atoms with Crippen molar-refractivity contribution < 1.29 is 9.13 Å². The van der Waals surface area contributed by atoms with E-state index >= 15 is 0 Å². The Bertz CT molecular complexity index is 594. The molecule has 0 saturated carbocycles. The summed E-state index contributed by atoms with van der Waals surface area (Å²) in [6.07, 6.45) is 1.42. The van der Waals surface area contributed by atoms with Crippen LogP contribution in [0.2, 0.25) is 0 Å². The van der Waals surface area contributed by atoms with E-state index in [1.807, 2.05) is 0 Å². The number of hydrogen-bond acceptors (Lipinski definition) is 5. The lowest BCUT2D eigenvalue weighted by atomic mass is 10.3. The summed E-state index contributed by atoms with van der Waals surface area (Å²) in [6, 6.07) is 4.59. The average molecular weight is 327 g/mol. The Labute approximate surface area is 118 Å². The summed E-state index contributed by atoms with van der Waals surface area (Å²) in [5.41, 5.74) is 0.569. The molecule has 2 N–H and O–H groups in total. The number of ether oxygens (including phenoxy) is 1. The molecule has 1 aromatic carbocycles. The second-order valence-electron chi connectivity index (χ2n) is 3.61. The fourth-order valence-corrected chi connectivity index (χ4v) is 2.01. The highest BCUT2D eigenvalue weighted by atomic mass is 79.9. The van der Waals surface area contributed by atoms with Crippen LogP contribution in [0.3, 0.4) is 0 Å². The quantitative estimate of drug-likeness (QED) is 0.903. The largest absolute Gasteiger partial charge is 0.494 e. The summed E-state index contributed by atoms with van der Waals surface area (Å²) >= 11 is 3.38. The van der Waals surface area contributed by atoms with Crippen LogP contribution in [0, 0.1) is 5.82 Å². The SMILES string of the molecule is CNc1ncnc(Nc2ccc(OC)c(F)c2)c1Br. The van der Waals surface area contributed by atoms with E-state index in [0.29, 0.717) is 21.8 Å². The Morgan fingerprint density at radius 3 is 2.63 bits per heavy atom. The van der Waals surface area contributed by atoms with Gasteiger partial charge in [-0.25, -0.2) is 14.4 Å². The van der Waals surface area contributed by atoms with Crippen molar-refractivity contribution in [3.8, 4) is 5.75 Å². The van der Waals surface area contributed by atoms with Crippen molar-refractivity contribution in [1.82, 2.24) is 9.97 Å². The summed E-state index contributed by atoms with van der Waals surface area (Å²) in [4.78, 5) is 8.13. The minimum Gasteiger partial charge on any atom is -0.494 e. The molecule has 0 amide bonds. The molecule has 2 rings (SSSR count). The molecule has 0 bridgehead atoms. The molecule has 1 heterocycles. The van der Waals surface area contributed by atoms with Gasteiger partial charge in [0.1, 0.15) is 22.4 Å². The molecule has 19 heavy (non-hydrogen) atoms. The van der Waals surface area contributed by atoms with Gasteiger partial charge in [-0.2, -0.15) is 0 Å². The summed E-state index contributed by atoms with van der Waals surface area (Å²) in [7, 11) is 3.18. The first kappa shape index (κ1) is 13.5. The van der Waals surface area contributed by atoms with Gasteiger partial charge < -0.3 is 15.4 Å². The highest BCUT2D eigenvalue weighted by Crippen LogP contribution is 2.29. The minimum atomic E-state index is -0.438. The Kier molecular flexibility index (Phi) is 4.16. The maximum Gasteiger partial charge on any atom is 0.167 e. The van der Waals surface area contributed by atoms with E-state index in [1.165, 1.54) is 19.5 Å². The number of methoxy groups -OCH3 is 1. The van der Waals surface area contributed by atoms with Crippen molar-refractivity contribution in [2.24, 2.45) is 0 Å². The van der Waals surface area contributed by atoms with Crippen molar-refractivity contribution in [2.75, 3.05) is 24.8 Å². The third kappa shape index (κ3) is 2.93. The molecule has 2 aromatic rings. The molecule has 1 aromatic heterocycles. The van der Waals surface area contributed by atoms with Gasteiger partial charge in [-0.05, 0) is 28.1 Å². The normalized spacial score (nSPS) is 10.1. The second-order valence-corrected chi connectivity index (χ2v) is 4.40. The molecule has 0 fully saturated rings. The number of halogens is 2. The molecule has 7 heteroatoms. The average Bonchev–Trinajstić information content (AvgIpc) is 2.41. The van der Waals surface area contributed by atoms with Crippen LogP contribution in [-0.4, -0.2) is 24.1 Å². The summed E-state index contributed by atoms with van der Waals surface area (Å²) in [5, 5.41) is 5.92. The number of nitrogens with zero attached hydrogens (tertiary/aromatic N) is 2. The third-order valence-corrected chi connectivity index (χ3v) is 3.19. The zero-order valence-corrected chi connectivity index (χ0v) is 12.0. The fourth-order valence-electron chi connectivity index (χ4n) is 1.51. The third-order valence-electron chi connectivity index (χ3n) is 2.44. The maximum absolute atomic E-state index is 13.6. The van der Waals surface area contributed by atoms with Crippen molar-refractivity contribution in [1.29, 1.82) is 0 Å². The van der Waals surface area contributed by atoms with Crippen LogP contribution in [0.5, 0.6) is 5.75 Å². The van der Waals surface area contributed by atoms with Crippen molar-refractivity contribution in [3.63, 3.8) is 0 Å². The lowest BCUT2D eigenvalue weighted by Gasteiger charge is -2.10. The predicted octanol–water partition coefficient (Wildman–Crippen LogP) is 3.17. The van der Waals surface area contributed by atoms with Gasteiger partial charge in [0, 0.05) is 18.8 Å². The van der Waals surface area contributed by atoms with Crippen molar-refractivity contribution in [3.05, 3.63) is 34.8 Å². The highest BCUT2D eigenvalue weighted by molar-refractivity contribution is 9.10. The molecule has 0 aliphatic rings.